The van der Waals surface area contributed by atoms with Crippen molar-refractivity contribution in [2.24, 2.45) is 0 Å². The van der Waals surface area contributed by atoms with Gasteiger partial charge in [-0.15, -0.1) is 10.2 Å². The lowest BCUT2D eigenvalue weighted by Crippen LogP contribution is -2.29. The lowest BCUT2D eigenvalue weighted by atomic mass is 9.95. The Morgan fingerprint density at radius 2 is 1.76 bits per heavy atom. The zero-order chi connectivity index (χ0) is 26.6. The Bertz CT molecular complexity index is 1490. The van der Waals surface area contributed by atoms with Crippen LogP contribution in [0.4, 0.5) is 5.13 Å². The summed E-state index contributed by atoms with van der Waals surface area (Å²) in [7, 11) is 0. The predicted octanol–water partition coefficient (Wildman–Crippen LogP) is 5.90. The summed E-state index contributed by atoms with van der Waals surface area (Å²) in [4.78, 5) is 31.9. The van der Waals surface area contributed by atoms with Gasteiger partial charge >= 0.3 is 5.91 Å². The van der Waals surface area contributed by atoms with Crippen molar-refractivity contribution in [2.45, 2.75) is 23.1 Å². The summed E-state index contributed by atoms with van der Waals surface area (Å²) in [5.74, 6) is -0.587. The van der Waals surface area contributed by atoms with Gasteiger partial charge in [0.25, 0.3) is 5.78 Å². The number of rotatable bonds is 8. The Hall–Kier alpha value is -3.73. The Balaban J connectivity index is 1.52. The highest BCUT2D eigenvalue weighted by molar-refractivity contribution is 8.00. The number of ether oxygens (including phenoxy) is 1. The minimum atomic E-state index is -0.902. The van der Waals surface area contributed by atoms with E-state index in [9.17, 15) is 14.7 Å². The van der Waals surface area contributed by atoms with E-state index in [2.05, 4.69) is 15.2 Å². The van der Waals surface area contributed by atoms with Crippen LogP contribution in [0.5, 0.6) is 5.75 Å². The van der Waals surface area contributed by atoms with Gasteiger partial charge in [0.15, 0.2) is 4.34 Å². The van der Waals surface area contributed by atoms with Crippen LogP contribution in [0.1, 0.15) is 29.7 Å². The monoisotopic (exact) mass is 564 g/mol. The molecule has 3 heterocycles. The predicted molar refractivity (Wildman–Crippen MR) is 148 cm³/mol. The van der Waals surface area contributed by atoms with Crippen molar-refractivity contribution in [1.82, 2.24) is 15.2 Å². The van der Waals surface area contributed by atoms with E-state index in [4.69, 9.17) is 16.3 Å². The third-order valence-corrected chi connectivity index (χ3v) is 8.16. The molecular formula is C27H21ClN4O4S2. The molecule has 1 fully saturated rings. The van der Waals surface area contributed by atoms with Crippen LogP contribution >= 0.6 is 34.7 Å². The van der Waals surface area contributed by atoms with Crippen molar-refractivity contribution in [3.8, 4) is 5.75 Å². The number of aromatic nitrogens is 3. The summed E-state index contributed by atoms with van der Waals surface area (Å²) in [6, 6.07) is 16.8. The van der Waals surface area contributed by atoms with Gasteiger partial charge in [-0.1, -0.05) is 59.0 Å². The summed E-state index contributed by atoms with van der Waals surface area (Å²) in [5.41, 5.74) is 2.03. The molecule has 1 saturated heterocycles. The molecular weight excluding hydrogens is 544 g/mol. The zero-order valence-corrected chi connectivity index (χ0v) is 22.5. The highest BCUT2D eigenvalue weighted by atomic mass is 35.5. The van der Waals surface area contributed by atoms with Crippen molar-refractivity contribution < 1.29 is 19.4 Å². The molecule has 0 radical (unpaired) electrons. The van der Waals surface area contributed by atoms with Crippen LogP contribution in [0.25, 0.3) is 5.76 Å². The van der Waals surface area contributed by atoms with E-state index in [1.165, 1.54) is 40.4 Å². The molecule has 0 saturated carbocycles. The van der Waals surface area contributed by atoms with E-state index in [1.807, 2.05) is 31.2 Å². The molecule has 5 rings (SSSR count). The molecule has 1 unspecified atom stereocenters. The van der Waals surface area contributed by atoms with Gasteiger partial charge in [0, 0.05) is 28.7 Å². The Kier molecular flexibility index (Phi) is 7.73. The molecule has 38 heavy (non-hydrogen) atoms. The number of anilines is 1. The third kappa shape index (κ3) is 5.28. The lowest BCUT2D eigenvalue weighted by Gasteiger charge is -2.22. The number of carbonyl (C=O) groups is 2. The number of nitrogens with zero attached hydrogens (tertiary/aromatic N) is 4. The number of carbonyl (C=O) groups excluding carboxylic acids is 2. The fourth-order valence-electron chi connectivity index (χ4n) is 4.01. The number of hydrogen-bond donors (Lipinski definition) is 1. The maximum absolute atomic E-state index is 13.3. The number of benzene rings is 2. The number of thioether (sulfide) groups is 1. The van der Waals surface area contributed by atoms with Crippen molar-refractivity contribution in [1.29, 1.82) is 0 Å². The summed E-state index contributed by atoms with van der Waals surface area (Å²) in [6.45, 7) is 2.39. The summed E-state index contributed by atoms with van der Waals surface area (Å²) >= 11 is 8.64. The van der Waals surface area contributed by atoms with Crippen LogP contribution in [0.3, 0.4) is 0 Å². The molecule has 1 atom stereocenters. The van der Waals surface area contributed by atoms with E-state index in [-0.39, 0.29) is 16.5 Å². The van der Waals surface area contributed by atoms with Crippen molar-refractivity contribution >= 4 is 57.3 Å². The number of hydrogen-bond acceptors (Lipinski definition) is 9. The minimum Gasteiger partial charge on any atom is -0.507 e. The molecule has 1 amide bonds. The van der Waals surface area contributed by atoms with Gasteiger partial charge in [0.1, 0.15) is 11.5 Å². The number of halogens is 1. The molecule has 0 spiro atoms. The van der Waals surface area contributed by atoms with E-state index in [1.54, 1.807) is 36.4 Å². The number of Topliss-reactive ketones (excluding diaryl/α,β-unsaturated/α-hetero) is 1. The first-order chi connectivity index (χ1) is 18.5. The van der Waals surface area contributed by atoms with Crippen LogP contribution < -0.4 is 9.64 Å². The number of ketones is 1. The standard InChI is InChI=1S/C27H21ClN4O4S2/c1-2-36-20-9-5-17(6-10-20)22-21(23(33)18-11-13-29-14-12-18)24(34)25(35)32(22)26-30-31-27(38-26)37-15-16-3-7-19(28)8-4-16/h3-14,22,33H,2,15H2,1H3/b23-21+. The molecule has 2 aromatic heterocycles. The minimum absolute atomic E-state index is 0.0315. The molecule has 1 N–H and O–H groups in total. The topological polar surface area (TPSA) is 106 Å². The molecule has 11 heteroatoms. The molecule has 1 aliphatic rings. The highest BCUT2D eigenvalue weighted by Crippen LogP contribution is 2.44. The second-order valence-corrected chi connectivity index (χ2v) is 10.8. The van der Waals surface area contributed by atoms with Crippen LogP contribution in [0.2, 0.25) is 5.02 Å². The van der Waals surface area contributed by atoms with Crippen LogP contribution in [0, 0.1) is 0 Å². The molecule has 0 bridgehead atoms. The van der Waals surface area contributed by atoms with Gasteiger partial charge in [-0.25, -0.2) is 0 Å². The Morgan fingerprint density at radius 3 is 2.45 bits per heavy atom. The number of pyridine rings is 1. The Labute approximate surface area is 232 Å². The van der Waals surface area contributed by atoms with Gasteiger partial charge in [0.05, 0.1) is 18.2 Å². The number of aliphatic hydroxyl groups is 1. The smallest absolute Gasteiger partial charge is 0.301 e. The van der Waals surface area contributed by atoms with E-state index >= 15 is 0 Å². The second kappa shape index (κ2) is 11.3. The van der Waals surface area contributed by atoms with Crippen LogP contribution in [0.15, 0.2) is 83.0 Å². The van der Waals surface area contributed by atoms with Crippen LogP contribution in [-0.2, 0) is 15.3 Å². The van der Waals surface area contributed by atoms with Gasteiger partial charge < -0.3 is 9.84 Å². The van der Waals surface area contributed by atoms with Gasteiger partial charge in [-0.2, -0.15) is 0 Å². The number of amides is 1. The average molecular weight is 565 g/mol. The molecule has 4 aromatic rings. The Morgan fingerprint density at radius 1 is 1.05 bits per heavy atom. The lowest BCUT2D eigenvalue weighted by molar-refractivity contribution is -0.132. The summed E-state index contributed by atoms with van der Waals surface area (Å²) in [5, 5.41) is 20.6. The molecule has 2 aromatic carbocycles. The maximum Gasteiger partial charge on any atom is 0.301 e. The highest BCUT2D eigenvalue weighted by Gasteiger charge is 2.48. The van der Waals surface area contributed by atoms with Crippen molar-refractivity contribution in [2.75, 3.05) is 11.5 Å². The molecule has 8 nitrogen and oxygen atoms in total. The van der Waals surface area contributed by atoms with Gasteiger partial charge in [-0.05, 0) is 54.4 Å². The normalized spacial score (nSPS) is 16.7. The average Bonchev–Trinajstić information content (AvgIpc) is 3.51. The van der Waals surface area contributed by atoms with Gasteiger partial charge in [-0.3, -0.25) is 19.5 Å². The van der Waals surface area contributed by atoms with Gasteiger partial charge in [0.2, 0.25) is 5.13 Å². The van der Waals surface area contributed by atoms with Crippen LogP contribution in [-0.4, -0.2) is 38.6 Å². The SMILES string of the molecule is CCOc1ccc(C2/C(=C(\O)c3ccncc3)C(=O)C(=O)N2c2nnc(SCc3ccc(Cl)cc3)s2)cc1. The van der Waals surface area contributed by atoms with E-state index < -0.39 is 17.7 Å². The van der Waals surface area contributed by atoms with Crippen molar-refractivity contribution in [3.63, 3.8) is 0 Å². The summed E-state index contributed by atoms with van der Waals surface area (Å²) < 4.78 is 6.18. The third-order valence-electron chi connectivity index (χ3n) is 5.78. The van der Waals surface area contributed by atoms with Crippen molar-refractivity contribution in [3.05, 3.63) is 100 Å². The van der Waals surface area contributed by atoms with E-state index in [0.29, 0.717) is 38.6 Å². The second-order valence-electron chi connectivity index (χ2n) is 8.17. The molecule has 0 aliphatic carbocycles. The first-order valence-electron chi connectivity index (χ1n) is 11.6. The zero-order valence-electron chi connectivity index (χ0n) is 20.1. The fourth-order valence-corrected chi connectivity index (χ4v) is 5.96. The maximum atomic E-state index is 13.3. The molecule has 1 aliphatic heterocycles. The first-order valence-corrected chi connectivity index (χ1v) is 13.8. The number of aliphatic hydroxyl groups excluding tert-OH is 1. The first kappa shape index (κ1) is 25.9. The van der Waals surface area contributed by atoms with E-state index in [0.717, 1.165) is 5.56 Å². The summed E-state index contributed by atoms with van der Waals surface area (Å²) in [6.07, 6.45) is 3.01. The largest absolute Gasteiger partial charge is 0.507 e. The fraction of sp³-hybridized carbons (Fsp3) is 0.148. The quantitative estimate of drug-likeness (QED) is 0.0926. The molecule has 192 valence electrons.